The Bertz CT molecular complexity index is 2830. The standard InChI is InChI=1S/C46H29NOS/c1-2-10-31(11-3-1)36-12-4-7-15-41(36)47(35-25-26-38-37-13-6-9-17-44(37)49-45(38)29-35)34-23-20-30(21-24-34)33-19-18-32-22-27-43-46(40(32)28-33)39-14-5-8-16-42(39)48-43/h1-29H. The molecule has 3 heteroatoms. The zero-order chi connectivity index (χ0) is 32.3. The van der Waals surface area contributed by atoms with Crippen LogP contribution >= 0.6 is 11.3 Å². The van der Waals surface area contributed by atoms with E-state index in [0.29, 0.717) is 0 Å². The minimum absolute atomic E-state index is 0.921. The Morgan fingerprint density at radius 3 is 2.00 bits per heavy atom. The van der Waals surface area contributed by atoms with Gasteiger partial charge in [-0.1, -0.05) is 121 Å². The lowest BCUT2D eigenvalue weighted by Crippen LogP contribution is -2.11. The second-order valence-electron chi connectivity index (χ2n) is 12.5. The first kappa shape index (κ1) is 27.9. The fraction of sp³-hybridized carbons (Fsp3) is 0. The molecule has 0 N–H and O–H groups in total. The third-order valence-electron chi connectivity index (χ3n) is 9.67. The van der Waals surface area contributed by atoms with Gasteiger partial charge in [0.25, 0.3) is 0 Å². The highest BCUT2D eigenvalue weighted by Gasteiger charge is 2.19. The van der Waals surface area contributed by atoms with Crippen molar-refractivity contribution in [2.75, 3.05) is 4.90 Å². The van der Waals surface area contributed by atoms with Gasteiger partial charge in [0.05, 0.1) is 5.69 Å². The summed E-state index contributed by atoms with van der Waals surface area (Å²) in [5.41, 5.74) is 9.96. The molecule has 49 heavy (non-hydrogen) atoms. The number of fused-ring (bicyclic) bond motifs is 8. The molecule has 230 valence electrons. The van der Waals surface area contributed by atoms with Crippen LogP contribution < -0.4 is 4.90 Å². The fourth-order valence-electron chi connectivity index (χ4n) is 7.34. The maximum absolute atomic E-state index is 6.21. The van der Waals surface area contributed by atoms with Crippen LogP contribution in [0, 0.1) is 0 Å². The molecule has 0 aliphatic heterocycles. The molecule has 0 aliphatic rings. The van der Waals surface area contributed by atoms with Crippen molar-refractivity contribution in [1.82, 2.24) is 0 Å². The molecule has 0 unspecified atom stereocenters. The van der Waals surface area contributed by atoms with E-state index in [4.69, 9.17) is 4.42 Å². The van der Waals surface area contributed by atoms with E-state index in [1.54, 1.807) is 0 Å². The van der Waals surface area contributed by atoms with E-state index < -0.39 is 0 Å². The summed E-state index contributed by atoms with van der Waals surface area (Å²) in [7, 11) is 0. The van der Waals surface area contributed by atoms with Gasteiger partial charge in [-0.3, -0.25) is 0 Å². The number of nitrogens with zero attached hydrogens (tertiary/aromatic N) is 1. The average Bonchev–Trinajstić information content (AvgIpc) is 3.74. The lowest BCUT2D eigenvalue weighted by atomic mass is 9.97. The molecule has 0 spiro atoms. The van der Waals surface area contributed by atoms with E-state index in [1.165, 1.54) is 58.6 Å². The Kier molecular flexibility index (Phi) is 6.39. The van der Waals surface area contributed by atoms with E-state index in [1.807, 2.05) is 23.5 Å². The molecule has 2 aromatic heterocycles. The summed E-state index contributed by atoms with van der Waals surface area (Å²) in [6.07, 6.45) is 0. The first-order valence-electron chi connectivity index (χ1n) is 16.6. The molecule has 8 aromatic carbocycles. The van der Waals surface area contributed by atoms with Crippen LogP contribution in [0.25, 0.3) is 75.1 Å². The number of hydrogen-bond acceptors (Lipinski definition) is 3. The fourth-order valence-corrected chi connectivity index (χ4v) is 8.48. The summed E-state index contributed by atoms with van der Waals surface area (Å²) >= 11 is 1.85. The summed E-state index contributed by atoms with van der Waals surface area (Å²) in [6.45, 7) is 0. The van der Waals surface area contributed by atoms with Crippen molar-refractivity contribution in [3.05, 3.63) is 176 Å². The Labute approximate surface area is 287 Å². The van der Waals surface area contributed by atoms with Gasteiger partial charge in [0, 0.05) is 47.9 Å². The van der Waals surface area contributed by atoms with E-state index in [9.17, 15) is 0 Å². The van der Waals surface area contributed by atoms with Gasteiger partial charge in [-0.15, -0.1) is 11.3 Å². The predicted octanol–water partition coefficient (Wildman–Crippen LogP) is 13.9. The predicted molar refractivity (Wildman–Crippen MR) is 210 cm³/mol. The van der Waals surface area contributed by atoms with E-state index in [0.717, 1.165) is 33.6 Å². The smallest absolute Gasteiger partial charge is 0.136 e. The van der Waals surface area contributed by atoms with Crippen molar-refractivity contribution in [2.24, 2.45) is 0 Å². The Balaban J connectivity index is 1.12. The van der Waals surface area contributed by atoms with Crippen molar-refractivity contribution in [3.8, 4) is 22.3 Å². The first-order valence-corrected chi connectivity index (χ1v) is 17.4. The number of anilines is 3. The molecule has 2 nitrogen and oxygen atoms in total. The van der Waals surface area contributed by atoms with Crippen molar-refractivity contribution in [3.63, 3.8) is 0 Å². The molecule has 0 atom stereocenters. The zero-order valence-electron chi connectivity index (χ0n) is 26.5. The SMILES string of the molecule is c1ccc(-c2ccccc2N(c2ccc(-c3ccc4ccc5oc6ccccc6c5c4c3)cc2)c2ccc3c(c2)sc2ccccc23)cc1. The third kappa shape index (κ3) is 4.62. The zero-order valence-corrected chi connectivity index (χ0v) is 27.3. The van der Waals surface area contributed by atoms with Crippen LogP contribution in [0.5, 0.6) is 0 Å². The molecule has 2 heterocycles. The second kappa shape index (κ2) is 11.2. The van der Waals surface area contributed by atoms with Crippen LogP contribution in [0.4, 0.5) is 17.1 Å². The van der Waals surface area contributed by atoms with Gasteiger partial charge in [0.1, 0.15) is 11.2 Å². The molecular weight excluding hydrogens is 615 g/mol. The largest absolute Gasteiger partial charge is 0.456 e. The first-order chi connectivity index (χ1) is 24.3. The minimum atomic E-state index is 0.921. The Hall–Kier alpha value is -6.16. The Morgan fingerprint density at radius 2 is 1.10 bits per heavy atom. The number of rotatable bonds is 5. The van der Waals surface area contributed by atoms with E-state index in [2.05, 4.69) is 169 Å². The number of furan rings is 1. The van der Waals surface area contributed by atoms with E-state index in [-0.39, 0.29) is 0 Å². The summed E-state index contributed by atoms with van der Waals surface area (Å²) in [5, 5.41) is 7.35. The normalized spacial score (nSPS) is 11.7. The van der Waals surface area contributed by atoms with Gasteiger partial charge in [-0.05, 0) is 82.1 Å². The quantitative estimate of drug-likeness (QED) is 0.186. The van der Waals surface area contributed by atoms with Crippen LogP contribution in [0.2, 0.25) is 0 Å². The lowest BCUT2D eigenvalue weighted by molar-refractivity contribution is 0.669. The maximum Gasteiger partial charge on any atom is 0.136 e. The van der Waals surface area contributed by atoms with Crippen molar-refractivity contribution in [1.29, 1.82) is 0 Å². The minimum Gasteiger partial charge on any atom is -0.456 e. The number of thiophene rings is 1. The monoisotopic (exact) mass is 643 g/mol. The highest BCUT2D eigenvalue weighted by Crippen LogP contribution is 2.44. The number of benzene rings is 8. The number of para-hydroxylation sites is 2. The van der Waals surface area contributed by atoms with Crippen LogP contribution in [0.3, 0.4) is 0 Å². The van der Waals surface area contributed by atoms with Gasteiger partial charge in [-0.25, -0.2) is 0 Å². The van der Waals surface area contributed by atoms with Crippen LogP contribution in [-0.4, -0.2) is 0 Å². The summed E-state index contributed by atoms with van der Waals surface area (Å²) in [5.74, 6) is 0. The van der Waals surface area contributed by atoms with Crippen molar-refractivity contribution < 1.29 is 4.42 Å². The van der Waals surface area contributed by atoms with E-state index >= 15 is 0 Å². The van der Waals surface area contributed by atoms with Gasteiger partial charge in [-0.2, -0.15) is 0 Å². The van der Waals surface area contributed by atoms with Crippen molar-refractivity contribution >= 4 is 81.3 Å². The molecule has 0 fully saturated rings. The highest BCUT2D eigenvalue weighted by molar-refractivity contribution is 7.25. The molecule has 0 aliphatic carbocycles. The molecule has 10 aromatic rings. The number of hydrogen-bond donors (Lipinski definition) is 0. The Morgan fingerprint density at radius 1 is 0.408 bits per heavy atom. The molecule has 0 bridgehead atoms. The summed E-state index contributed by atoms with van der Waals surface area (Å²) in [4.78, 5) is 2.40. The van der Waals surface area contributed by atoms with Crippen LogP contribution in [0.1, 0.15) is 0 Å². The highest BCUT2D eigenvalue weighted by atomic mass is 32.1. The maximum atomic E-state index is 6.21. The van der Waals surface area contributed by atoms with Crippen LogP contribution in [0.15, 0.2) is 180 Å². The summed E-state index contributed by atoms with van der Waals surface area (Å²) in [6, 6.07) is 63.3. The lowest BCUT2D eigenvalue weighted by Gasteiger charge is -2.28. The van der Waals surface area contributed by atoms with Gasteiger partial charge in [0.2, 0.25) is 0 Å². The van der Waals surface area contributed by atoms with Gasteiger partial charge >= 0.3 is 0 Å². The topological polar surface area (TPSA) is 16.4 Å². The molecule has 0 saturated carbocycles. The van der Waals surface area contributed by atoms with Gasteiger partial charge in [0.15, 0.2) is 0 Å². The second-order valence-corrected chi connectivity index (χ2v) is 13.6. The molecule has 0 radical (unpaired) electrons. The van der Waals surface area contributed by atoms with Crippen molar-refractivity contribution in [2.45, 2.75) is 0 Å². The van der Waals surface area contributed by atoms with Gasteiger partial charge < -0.3 is 9.32 Å². The van der Waals surface area contributed by atoms with Crippen LogP contribution in [-0.2, 0) is 0 Å². The third-order valence-corrected chi connectivity index (χ3v) is 10.8. The molecular formula is C46H29NOS. The molecule has 10 rings (SSSR count). The average molecular weight is 644 g/mol. The molecule has 0 saturated heterocycles. The summed E-state index contributed by atoms with van der Waals surface area (Å²) < 4.78 is 8.81. The molecule has 0 amide bonds.